The number of hydrogen-bond donors (Lipinski definition) is 1. The van der Waals surface area contributed by atoms with E-state index in [1.165, 1.54) is 17.5 Å². The lowest BCUT2D eigenvalue weighted by molar-refractivity contribution is 0.368. The van der Waals surface area contributed by atoms with E-state index in [9.17, 15) is 0 Å². The van der Waals surface area contributed by atoms with Gasteiger partial charge in [0.05, 0.1) is 0 Å². The summed E-state index contributed by atoms with van der Waals surface area (Å²) in [6, 6.07) is 8.23. The van der Waals surface area contributed by atoms with Crippen LogP contribution in [0.5, 0.6) is 0 Å². The first-order chi connectivity index (χ1) is 10.4. The molecule has 2 N–H and O–H groups in total. The van der Waals surface area contributed by atoms with Gasteiger partial charge in [0.1, 0.15) is 5.82 Å². The number of nitrogen functional groups attached to an aromatic ring is 1. The average molecular weight is 297 g/mol. The van der Waals surface area contributed by atoms with Crippen LogP contribution in [0, 0.1) is 5.92 Å². The van der Waals surface area contributed by atoms with Gasteiger partial charge in [0.15, 0.2) is 0 Å². The molecule has 0 amide bonds. The van der Waals surface area contributed by atoms with E-state index in [4.69, 9.17) is 5.73 Å². The molecule has 3 heteroatoms. The van der Waals surface area contributed by atoms with Crippen molar-refractivity contribution in [3.8, 4) is 0 Å². The first-order valence-corrected chi connectivity index (χ1v) is 8.02. The zero-order chi connectivity index (χ0) is 16.2. The average Bonchev–Trinajstić information content (AvgIpc) is 2.53. The lowest BCUT2D eigenvalue weighted by Gasteiger charge is -2.28. The smallest absolute Gasteiger partial charge is 0.123 e. The summed E-state index contributed by atoms with van der Waals surface area (Å²) >= 11 is 0. The van der Waals surface area contributed by atoms with Crippen molar-refractivity contribution in [1.82, 2.24) is 9.97 Å². The second kappa shape index (κ2) is 6.91. The Bertz CT molecular complexity index is 575. The fraction of sp³-hybridized carbons (Fsp3) is 0.474. The van der Waals surface area contributed by atoms with Crippen LogP contribution in [0.15, 0.2) is 42.9 Å². The molecule has 2 heterocycles. The van der Waals surface area contributed by atoms with Crippen molar-refractivity contribution in [2.75, 3.05) is 5.73 Å². The quantitative estimate of drug-likeness (QED) is 0.850. The number of aromatic nitrogens is 2. The molecule has 2 aromatic heterocycles. The molecule has 2 atom stereocenters. The highest BCUT2D eigenvalue weighted by molar-refractivity contribution is 5.32. The van der Waals surface area contributed by atoms with E-state index in [0.717, 1.165) is 6.42 Å². The molecule has 0 aliphatic carbocycles. The van der Waals surface area contributed by atoms with Crippen molar-refractivity contribution in [2.24, 2.45) is 5.92 Å². The third-order valence-electron chi connectivity index (χ3n) is 4.88. The second-order valence-corrected chi connectivity index (χ2v) is 6.94. The van der Waals surface area contributed by atoms with Gasteiger partial charge in [0.2, 0.25) is 0 Å². The third-order valence-corrected chi connectivity index (χ3v) is 4.88. The van der Waals surface area contributed by atoms with E-state index >= 15 is 0 Å². The minimum Gasteiger partial charge on any atom is -0.384 e. The summed E-state index contributed by atoms with van der Waals surface area (Å²) in [6.07, 6.45) is 7.98. The van der Waals surface area contributed by atoms with E-state index in [0.29, 0.717) is 17.7 Å². The standard InChI is InChI=1S/C19H27N3/c1-14(15(2)16-8-11-21-12-9-16)7-10-19(3,4)17-5-6-18(20)22-13-17/h5-6,8-9,11-15H,7,10H2,1-4H3,(H2,20,22)/t14-,15?/m0/s1. The summed E-state index contributed by atoms with van der Waals surface area (Å²) in [5.74, 6) is 1.76. The largest absolute Gasteiger partial charge is 0.384 e. The summed E-state index contributed by atoms with van der Waals surface area (Å²) in [6.45, 7) is 9.20. The van der Waals surface area contributed by atoms with Gasteiger partial charge in [-0.1, -0.05) is 33.8 Å². The number of pyridine rings is 2. The molecule has 118 valence electrons. The molecule has 0 saturated carbocycles. The maximum Gasteiger partial charge on any atom is 0.123 e. The summed E-state index contributed by atoms with van der Waals surface area (Å²) in [5.41, 5.74) is 8.42. The predicted octanol–water partition coefficient (Wildman–Crippen LogP) is 4.56. The molecule has 3 nitrogen and oxygen atoms in total. The number of rotatable bonds is 6. The Morgan fingerprint density at radius 3 is 2.36 bits per heavy atom. The summed E-state index contributed by atoms with van der Waals surface area (Å²) in [4.78, 5) is 8.33. The Balaban J connectivity index is 1.97. The van der Waals surface area contributed by atoms with Crippen LogP contribution in [-0.4, -0.2) is 9.97 Å². The third kappa shape index (κ3) is 4.06. The summed E-state index contributed by atoms with van der Waals surface area (Å²) in [5, 5.41) is 0. The Labute approximate surface area is 134 Å². The Kier molecular flexibility index (Phi) is 5.17. The fourth-order valence-electron chi connectivity index (χ4n) is 2.78. The molecule has 22 heavy (non-hydrogen) atoms. The zero-order valence-electron chi connectivity index (χ0n) is 14.1. The maximum absolute atomic E-state index is 5.68. The Morgan fingerprint density at radius 2 is 1.77 bits per heavy atom. The van der Waals surface area contributed by atoms with Gasteiger partial charge in [-0.3, -0.25) is 4.98 Å². The van der Waals surface area contributed by atoms with Crippen LogP contribution < -0.4 is 5.73 Å². The Hall–Kier alpha value is -1.90. The van der Waals surface area contributed by atoms with Gasteiger partial charge >= 0.3 is 0 Å². The molecule has 0 fully saturated rings. The number of hydrogen-bond acceptors (Lipinski definition) is 3. The minimum absolute atomic E-state index is 0.118. The van der Waals surface area contributed by atoms with Crippen molar-refractivity contribution in [3.05, 3.63) is 54.0 Å². The zero-order valence-corrected chi connectivity index (χ0v) is 14.1. The molecule has 0 aromatic carbocycles. The molecular formula is C19H27N3. The number of nitrogens with two attached hydrogens (primary N) is 1. The van der Waals surface area contributed by atoms with Crippen LogP contribution in [0.4, 0.5) is 5.82 Å². The van der Waals surface area contributed by atoms with Crippen molar-refractivity contribution >= 4 is 5.82 Å². The van der Waals surface area contributed by atoms with Crippen LogP contribution in [0.1, 0.15) is 57.6 Å². The van der Waals surface area contributed by atoms with E-state index in [2.05, 4.69) is 55.9 Å². The van der Waals surface area contributed by atoms with E-state index in [-0.39, 0.29) is 5.41 Å². The van der Waals surface area contributed by atoms with Crippen molar-refractivity contribution < 1.29 is 0 Å². The maximum atomic E-state index is 5.68. The van der Waals surface area contributed by atoms with Gasteiger partial charge in [-0.05, 0) is 59.4 Å². The van der Waals surface area contributed by atoms with Gasteiger partial charge in [0.25, 0.3) is 0 Å². The normalized spacial score (nSPS) is 14.5. The van der Waals surface area contributed by atoms with Gasteiger partial charge in [0, 0.05) is 18.6 Å². The SMILES string of the molecule is CC(c1ccncc1)[C@@H](C)CCC(C)(C)c1ccc(N)nc1. The van der Waals surface area contributed by atoms with Crippen LogP contribution in [-0.2, 0) is 5.41 Å². The van der Waals surface area contributed by atoms with E-state index in [1.807, 2.05) is 24.7 Å². The van der Waals surface area contributed by atoms with Crippen LogP contribution in [0.25, 0.3) is 0 Å². The van der Waals surface area contributed by atoms with Crippen molar-refractivity contribution in [3.63, 3.8) is 0 Å². The number of nitrogens with zero attached hydrogens (tertiary/aromatic N) is 2. The highest BCUT2D eigenvalue weighted by atomic mass is 14.8. The summed E-state index contributed by atoms with van der Waals surface area (Å²) < 4.78 is 0. The molecule has 0 aliphatic heterocycles. The van der Waals surface area contributed by atoms with Gasteiger partial charge < -0.3 is 5.73 Å². The molecule has 0 saturated heterocycles. The highest BCUT2D eigenvalue weighted by Crippen LogP contribution is 2.34. The molecule has 0 aliphatic rings. The lowest BCUT2D eigenvalue weighted by atomic mass is 9.77. The van der Waals surface area contributed by atoms with Crippen LogP contribution in [0.3, 0.4) is 0 Å². The molecular weight excluding hydrogens is 270 g/mol. The van der Waals surface area contributed by atoms with Crippen molar-refractivity contribution in [2.45, 2.75) is 51.9 Å². The molecule has 0 radical (unpaired) electrons. The van der Waals surface area contributed by atoms with Crippen LogP contribution in [0.2, 0.25) is 0 Å². The lowest BCUT2D eigenvalue weighted by Crippen LogP contribution is -2.20. The van der Waals surface area contributed by atoms with E-state index < -0.39 is 0 Å². The fourth-order valence-corrected chi connectivity index (χ4v) is 2.78. The first kappa shape index (κ1) is 16.5. The predicted molar refractivity (Wildman–Crippen MR) is 92.7 cm³/mol. The first-order valence-electron chi connectivity index (χ1n) is 8.02. The van der Waals surface area contributed by atoms with Crippen molar-refractivity contribution in [1.29, 1.82) is 0 Å². The van der Waals surface area contributed by atoms with E-state index in [1.54, 1.807) is 0 Å². The van der Waals surface area contributed by atoms with Gasteiger partial charge in [-0.15, -0.1) is 0 Å². The van der Waals surface area contributed by atoms with Gasteiger partial charge in [-0.25, -0.2) is 4.98 Å². The monoisotopic (exact) mass is 297 g/mol. The molecule has 2 rings (SSSR count). The molecule has 1 unspecified atom stereocenters. The molecule has 0 bridgehead atoms. The molecule has 0 spiro atoms. The van der Waals surface area contributed by atoms with Crippen LogP contribution >= 0.6 is 0 Å². The second-order valence-electron chi connectivity index (χ2n) is 6.94. The summed E-state index contributed by atoms with van der Waals surface area (Å²) in [7, 11) is 0. The Morgan fingerprint density at radius 1 is 1.09 bits per heavy atom. The number of anilines is 1. The highest BCUT2D eigenvalue weighted by Gasteiger charge is 2.23. The topological polar surface area (TPSA) is 51.8 Å². The minimum atomic E-state index is 0.118. The van der Waals surface area contributed by atoms with Gasteiger partial charge in [-0.2, -0.15) is 0 Å². The molecule has 2 aromatic rings.